The molecule has 3 rings (SSSR count). The van der Waals surface area contributed by atoms with Gasteiger partial charge in [-0.1, -0.05) is 24.6 Å². The summed E-state index contributed by atoms with van der Waals surface area (Å²) >= 11 is 0. The lowest BCUT2D eigenvalue weighted by Gasteiger charge is -2.26. The van der Waals surface area contributed by atoms with Crippen molar-refractivity contribution in [2.45, 2.75) is 32.1 Å². The fourth-order valence-corrected chi connectivity index (χ4v) is 2.55. The second kappa shape index (κ2) is 4.65. The van der Waals surface area contributed by atoms with Crippen molar-refractivity contribution in [2.75, 3.05) is 0 Å². The number of nitrogens with zero attached hydrogens (tertiary/aromatic N) is 2. The summed E-state index contributed by atoms with van der Waals surface area (Å²) in [5.74, 6) is 0.731. The minimum absolute atomic E-state index is 0.0757. The lowest BCUT2D eigenvalue weighted by molar-refractivity contribution is 0.103. The Labute approximate surface area is 113 Å². The first kappa shape index (κ1) is 12.2. The summed E-state index contributed by atoms with van der Waals surface area (Å²) in [7, 11) is 1.86. The summed E-state index contributed by atoms with van der Waals surface area (Å²) in [6.07, 6.45) is 5.48. The van der Waals surface area contributed by atoms with Gasteiger partial charge in [0.1, 0.15) is 0 Å². The first-order valence-corrected chi connectivity index (χ1v) is 6.80. The van der Waals surface area contributed by atoms with Crippen LogP contribution < -0.4 is 0 Å². The van der Waals surface area contributed by atoms with Crippen molar-refractivity contribution in [1.82, 2.24) is 9.78 Å². The van der Waals surface area contributed by atoms with E-state index in [2.05, 4.69) is 17.2 Å². The second-order valence-electron chi connectivity index (χ2n) is 5.35. The lowest BCUT2D eigenvalue weighted by Crippen LogP contribution is -2.10. The molecule has 1 aliphatic carbocycles. The molecule has 0 amide bonds. The number of hydrogen-bond donors (Lipinski definition) is 0. The van der Waals surface area contributed by atoms with E-state index in [9.17, 15) is 4.79 Å². The Morgan fingerprint density at radius 3 is 2.74 bits per heavy atom. The Bertz CT molecular complexity index is 623. The second-order valence-corrected chi connectivity index (χ2v) is 5.35. The van der Waals surface area contributed by atoms with Gasteiger partial charge in [-0.15, -0.1) is 0 Å². The Morgan fingerprint density at radius 1 is 1.37 bits per heavy atom. The van der Waals surface area contributed by atoms with Gasteiger partial charge in [0.15, 0.2) is 5.78 Å². The zero-order chi connectivity index (χ0) is 13.4. The minimum atomic E-state index is 0.0757. The molecular formula is C16H18N2O. The van der Waals surface area contributed by atoms with Crippen LogP contribution in [-0.4, -0.2) is 15.6 Å². The SMILES string of the molecule is Cc1c(C(=O)c2cccc(C3CCC3)c2)cnn1C. The topological polar surface area (TPSA) is 34.9 Å². The fraction of sp³-hybridized carbons (Fsp3) is 0.375. The zero-order valence-electron chi connectivity index (χ0n) is 11.4. The Hall–Kier alpha value is -1.90. The number of carbonyl (C=O) groups excluding carboxylic acids is 1. The van der Waals surface area contributed by atoms with Gasteiger partial charge in [0.2, 0.25) is 0 Å². The van der Waals surface area contributed by atoms with Crippen molar-refractivity contribution in [2.24, 2.45) is 7.05 Å². The van der Waals surface area contributed by atoms with Gasteiger partial charge in [-0.3, -0.25) is 9.48 Å². The standard InChI is InChI=1S/C16H18N2O/c1-11-15(10-17-18(11)2)16(19)14-8-4-7-13(9-14)12-5-3-6-12/h4,7-10,12H,3,5-6H2,1-2H3. The van der Waals surface area contributed by atoms with E-state index in [0.717, 1.165) is 11.3 Å². The third-order valence-corrected chi connectivity index (χ3v) is 4.21. The number of benzene rings is 1. The van der Waals surface area contributed by atoms with E-state index in [1.54, 1.807) is 10.9 Å². The average Bonchev–Trinajstić information content (AvgIpc) is 2.68. The molecule has 98 valence electrons. The van der Waals surface area contributed by atoms with Gasteiger partial charge >= 0.3 is 0 Å². The summed E-state index contributed by atoms with van der Waals surface area (Å²) < 4.78 is 1.74. The number of hydrogen-bond acceptors (Lipinski definition) is 2. The molecule has 0 spiro atoms. The molecule has 0 unspecified atom stereocenters. The maximum absolute atomic E-state index is 12.5. The highest BCUT2D eigenvalue weighted by atomic mass is 16.1. The highest BCUT2D eigenvalue weighted by Crippen LogP contribution is 2.36. The van der Waals surface area contributed by atoms with Crippen LogP contribution in [-0.2, 0) is 7.05 Å². The monoisotopic (exact) mass is 254 g/mol. The summed E-state index contributed by atoms with van der Waals surface area (Å²) in [6, 6.07) is 8.08. The predicted octanol–water partition coefficient (Wildman–Crippen LogP) is 3.23. The van der Waals surface area contributed by atoms with Crippen molar-refractivity contribution < 1.29 is 4.79 Å². The number of rotatable bonds is 3. The fourth-order valence-electron chi connectivity index (χ4n) is 2.55. The Balaban J connectivity index is 1.93. The normalized spacial score (nSPS) is 15.3. The van der Waals surface area contributed by atoms with Crippen LogP contribution in [0.15, 0.2) is 30.5 Å². The summed E-state index contributed by atoms with van der Waals surface area (Å²) in [4.78, 5) is 12.5. The highest BCUT2D eigenvalue weighted by molar-refractivity contribution is 6.09. The van der Waals surface area contributed by atoms with Crippen LogP contribution in [0.25, 0.3) is 0 Å². The van der Waals surface area contributed by atoms with E-state index in [-0.39, 0.29) is 5.78 Å². The quantitative estimate of drug-likeness (QED) is 0.788. The third-order valence-electron chi connectivity index (χ3n) is 4.21. The number of ketones is 1. The lowest BCUT2D eigenvalue weighted by atomic mass is 9.79. The van der Waals surface area contributed by atoms with Crippen LogP contribution in [0.5, 0.6) is 0 Å². The largest absolute Gasteiger partial charge is 0.288 e. The molecule has 19 heavy (non-hydrogen) atoms. The Morgan fingerprint density at radius 2 is 2.16 bits per heavy atom. The molecule has 0 aliphatic heterocycles. The molecule has 0 N–H and O–H groups in total. The van der Waals surface area contributed by atoms with Gasteiger partial charge in [-0.25, -0.2) is 0 Å². The molecule has 2 aromatic rings. The van der Waals surface area contributed by atoms with Crippen LogP contribution in [0.4, 0.5) is 0 Å². The maximum Gasteiger partial charge on any atom is 0.196 e. The maximum atomic E-state index is 12.5. The van der Waals surface area contributed by atoms with E-state index in [4.69, 9.17) is 0 Å². The number of aryl methyl sites for hydroxylation is 1. The zero-order valence-corrected chi connectivity index (χ0v) is 11.4. The average molecular weight is 254 g/mol. The molecule has 1 aromatic heterocycles. The van der Waals surface area contributed by atoms with Gasteiger partial charge < -0.3 is 0 Å². The number of aromatic nitrogens is 2. The molecule has 1 aromatic carbocycles. The number of carbonyl (C=O) groups is 1. The molecule has 1 aliphatic rings. The summed E-state index contributed by atoms with van der Waals surface area (Å²) in [5, 5.41) is 4.14. The van der Waals surface area contributed by atoms with Crippen LogP contribution in [0.2, 0.25) is 0 Å². The molecule has 0 radical (unpaired) electrons. The molecule has 0 bridgehead atoms. The first-order chi connectivity index (χ1) is 9.16. The predicted molar refractivity (Wildman–Crippen MR) is 74.4 cm³/mol. The van der Waals surface area contributed by atoms with E-state index >= 15 is 0 Å². The van der Waals surface area contributed by atoms with Crippen molar-refractivity contribution in [3.05, 3.63) is 52.8 Å². The van der Waals surface area contributed by atoms with Crippen LogP contribution in [0.1, 0.15) is 52.4 Å². The molecule has 1 saturated carbocycles. The molecule has 1 fully saturated rings. The molecule has 3 nitrogen and oxygen atoms in total. The van der Waals surface area contributed by atoms with Crippen molar-refractivity contribution in [3.63, 3.8) is 0 Å². The summed E-state index contributed by atoms with van der Waals surface area (Å²) in [6.45, 7) is 1.93. The first-order valence-electron chi connectivity index (χ1n) is 6.80. The van der Waals surface area contributed by atoms with E-state index in [1.807, 2.05) is 26.1 Å². The Kier molecular flexibility index (Phi) is 2.97. The summed E-state index contributed by atoms with van der Waals surface area (Å²) in [5.41, 5.74) is 3.70. The smallest absolute Gasteiger partial charge is 0.196 e. The van der Waals surface area contributed by atoms with E-state index in [1.165, 1.54) is 24.8 Å². The molecule has 3 heteroatoms. The van der Waals surface area contributed by atoms with E-state index in [0.29, 0.717) is 11.5 Å². The van der Waals surface area contributed by atoms with Gasteiger partial charge in [-0.2, -0.15) is 5.10 Å². The molecule has 0 atom stereocenters. The minimum Gasteiger partial charge on any atom is -0.288 e. The highest BCUT2D eigenvalue weighted by Gasteiger charge is 2.21. The van der Waals surface area contributed by atoms with Crippen molar-refractivity contribution in [1.29, 1.82) is 0 Å². The van der Waals surface area contributed by atoms with Gasteiger partial charge in [0, 0.05) is 18.3 Å². The van der Waals surface area contributed by atoms with Crippen LogP contribution in [0, 0.1) is 6.92 Å². The van der Waals surface area contributed by atoms with E-state index < -0.39 is 0 Å². The van der Waals surface area contributed by atoms with Crippen molar-refractivity contribution in [3.8, 4) is 0 Å². The molecular weight excluding hydrogens is 236 g/mol. The van der Waals surface area contributed by atoms with Gasteiger partial charge in [-0.05, 0) is 37.3 Å². The third kappa shape index (κ3) is 2.09. The molecule has 0 saturated heterocycles. The van der Waals surface area contributed by atoms with Crippen LogP contribution >= 0.6 is 0 Å². The molecule has 1 heterocycles. The van der Waals surface area contributed by atoms with Crippen LogP contribution in [0.3, 0.4) is 0 Å². The van der Waals surface area contributed by atoms with Gasteiger partial charge in [0.25, 0.3) is 0 Å². The van der Waals surface area contributed by atoms with Crippen molar-refractivity contribution >= 4 is 5.78 Å². The van der Waals surface area contributed by atoms with Gasteiger partial charge in [0.05, 0.1) is 11.8 Å².